The third kappa shape index (κ3) is 3.14. The number of thiazole rings is 1. The van der Waals surface area contributed by atoms with Crippen molar-refractivity contribution in [3.05, 3.63) is 34.3 Å². The molecule has 1 aromatic carbocycles. The minimum Gasteiger partial charge on any atom is -0.493 e. The molecule has 0 saturated carbocycles. The smallest absolute Gasteiger partial charge is 0.255 e. The van der Waals surface area contributed by atoms with Crippen LogP contribution in [0.4, 0.5) is 0 Å². The molecule has 1 unspecified atom stereocenters. The van der Waals surface area contributed by atoms with Crippen LogP contribution in [0.3, 0.4) is 0 Å². The fourth-order valence-corrected chi connectivity index (χ4v) is 2.71. The lowest BCUT2D eigenvalue weighted by molar-refractivity contribution is 0.0936. The minimum absolute atomic E-state index is 0.190. The number of aromatic nitrogens is 1. The molecule has 6 nitrogen and oxygen atoms in total. The van der Waals surface area contributed by atoms with E-state index in [0.717, 1.165) is 5.01 Å². The van der Waals surface area contributed by atoms with Gasteiger partial charge in [-0.2, -0.15) is 0 Å². The number of benzene rings is 1. The number of hydrogen-bond donors (Lipinski definition) is 1. The van der Waals surface area contributed by atoms with Crippen LogP contribution in [0.2, 0.25) is 0 Å². The van der Waals surface area contributed by atoms with E-state index in [9.17, 15) is 4.79 Å². The topological polar surface area (TPSA) is 69.7 Å². The molecule has 0 aliphatic rings. The van der Waals surface area contributed by atoms with Crippen LogP contribution in [0, 0.1) is 0 Å². The van der Waals surface area contributed by atoms with E-state index in [1.54, 1.807) is 18.3 Å². The third-order valence-corrected chi connectivity index (χ3v) is 4.08. The predicted molar refractivity (Wildman–Crippen MR) is 84.1 cm³/mol. The SMILES string of the molecule is COc1ccc(C(=O)NC(C)c2nccs2)c(OC)c1OC. The molecule has 0 radical (unpaired) electrons. The molecule has 118 valence electrons. The molecular weight excluding hydrogens is 304 g/mol. The maximum Gasteiger partial charge on any atom is 0.255 e. The highest BCUT2D eigenvalue weighted by Gasteiger charge is 2.22. The zero-order chi connectivity index (χ0) is 16.1. The summed E-state index contributed by atoms with van der Waals surface area (Å²) in [4.78, 5) is 16.7. The van der Waals surface area contributed by atoms with Crippen molar-refractivity contribution < 1.29 is 19.0 Å². The van der Waals surface area contributed by atoms with E-state index in [1.165, 1.54) is 32.7 Å². The van der Waals surface area contributed by atoms with Crippen molar-refractivity contribution in [2.45, 2.75) is 13.0 Å². The lowest BCUT2D eigenvalue weighted by Crippen LogP contribution is -2.27. The Hall–Kier alpha value is -2.28. The van der Waals surface area contributed by atoms with Crippen LogP contribution in [0.15, 0.2) is 23.7 Å². The summed E-state index contributed by atoms with van der Waals surface area (Å²) in [6.07, 6.45) is 1.71. The number of amides is 1. The zero-order valence-electron chi connectivity index (χ0n) is 12.9. The Morgan fingerprint density at radius 3 is 2.45 bits per heavy atom. The van der Waals surface area contributed by atoms with Gasteiger partial charge in [0.05, 0.1) is 32.9 Å². The van der Waals surface area contributed by atoms with E-state index in [2.05, 4.69) is 10.3 Å². The van der Waals surface area contributed by atoms with Crippen molar-refractivity contribution in [2.24, 2.45) is 0 Å². The van der Waals surface area contributed by atoms with Crippen LogP contribution in [-0.4, -0.2) is 32.2 Å². The van der Waals surface area contributed by atoms with Gasteiger partial charge in [-0.3, -0.25) is 4.79 Å². The summed E-state index contributed by atoms with van der Waals surface area (Å²) < 4.78 is 15.8. The monoisotopic (exact) mass is 322 g/mol. The van der Waals surface area contributed by atoms with E-state index in [0.29, 0.717) is 22.8 Å². The van der Waals surface area contributed by atoms with Crippen LogP contribution in [-0.2, 0) is 0 Å². The molecular formula is C15H18N2O4S. The van der Waals surface area contributed by atoms with Gasteiger partial charge >= 0.3 is 0 Å². The fraction of sp³-hybridized carbons (Fsp3) is 0.333. The Balaban J connectivity index is 2.29. The highest BCUT2D eigenvalue weighted by atomic mass is 32.1. The van der Waals surface area contributed by atoms with Gasteiger partial charge in [-0.1, -0.05) is 0 Å². The second-order valence-electron chi connectivity index (χ2n) is 4.45. The highest BCUT2D eigenvalue weighted by molar-refractivity contribution is 7.09. The first kappa shape index (κ1) is 16.1. The van der Waals surface area contributed by atoms with Crippen molar-refractivity contribution in [3.8, 4) is 17.2 Å². The van der Waals surface area contributed by atoms with Crippen LogP contribution in [0.25, 0.3) is 0 Å². The number of hydrogen-bond acceptors (Lipinski definition) is 6. The van der Waals surface area contributed by atoms with Gasteiger partial charge in [-0.25, -0.2) is 4.98 Å². The van der Waals surface area contributed by atoms with E-state index in [1.807, 2.05) is 12.3 Å². The quantitative estimate of drug-likeness (QED) is 0.885. The first-order chi connectivity index (χ1) is 10.6. The standard InChI is InChI=1S/C15H18N2O4S/c1-9(15-16-7-8-22-15)17-14(18)10-5-6-11(19-2)13(21-4)12(10)20-3/h5-9H,1-4H3,(H,17,18). The molecule has 0 aliphatic heterocycles. The lowest BCUT2D eigenvalue weighted by atomic mass is 10.1. The van der Waals surface area contributed by atoms with Crippen molar-refractivity contribution in [3.63, 3.8) is 0 Å². The first-order valence-electron chi connectivity index (χ1n) is 6.61. The number of carbonyl (C=O) groups is 1. The van der Waals surface area contributed by atoms with Gasteiger partial charge in [0, 0.05) is 11.6 Å². The van der Waals surface area contributed by atoms with Crippen LogP contribution in [0.1, 0.15) is 28.3 Å². The summed E-state index contributed by atoms with van der Waals surface area (Å²) in [6.45, 7) is 1.88. The summed E-state index contributed by atoms with van der Waals surface area (Å²) in [7, 11) is 4.51. The van der Waals surface area contributed by atoms with Gasteiger partial charge in [-0.05, 0) is 19.1 Å². The number of carbonyl (C=O) groups excluding carboxylic acids is 1. The predicted octanol–water partition coefficient (Wildman–Crippen LogP) is 2.66. The van der Waals surface area contributed by atoms with Gasteiger partial charge in [0.2, 0.25) is 5.75 Å². The molecule has 22 heavy (non-hydrogen) atoms. The average Bonchev–Trinajstić information content (AvgIpc) is 3.07. The number of methoxy groups -OCH3 is 3. The Morgan fingerprint density at radius 1 is 1.18 bits per heavy atom. The normalized spacial score (nSPS) is 11.6. The third-order valence-electron chi connectivity index (χ3n) is 3.12. The highest BCUT2D eigenvalue weighted by Crippen LogP contribution is 2.39. The molecule has 0 spiro atoms. The summed E-state index contributed by atoms with van der Waals surface area (Å²) in [5, 5.41) is 5.61. The van der Waals surface area contributed by atoms with Crippen molar-refractivity contribution >= 4 is 17.2 Å². The van der Waals surface area contributed by atoms with Crippen molar-refractivity contribution in [1.29, 1.82) is 0 Å². The van der Waals surface area contributed by atoms with Gasteiger partial charge in [0.25, 0.3) is 5.91 Å². The molecule has 1 aromatic heterocycles. The summed E-state index contributed by atoms with van der Waals surface area (Å²) in [5.74, 6) is 0.967. The zero-order valence-corrected chi connectivity index (χ0v) is 13.7. The number of nitrogens with zero attached hydrogens (tertiary/aromatic N) is 1. The molecule has 0 saturated heterocycles. The second-order valence-corrected chi connectivity index (χ2v) is 5.37. The number of ether oxygens (including phenoxy) is 3. The molecule has 2 rings (SSSR count). The summed E-state index contributed by atoms with van der Waals surface area (Å²) >= 11 is 1.49. The van der Waals surface area contributed by atoms with Crippen LogP contribution < -0.4 is 19.5 Å². The fourth-order valence-electron chi connectivity index (χ4n) is 2.06. The first-order valence-corrected chi connectivity index (χ1v) is 7.49. The van der Waals surface area contributed by atoms with E-state index in [-0.39, 0.29) is 11.9 Å². The molecule has 2 aromatic rings. The number of nitrogens with one attached hydrogen (secondary N) is 1. The lowest BCUT2D eigenvalue weighted by Gasteiger charge is -2.17. The molecule has 0 aliphatic carbocycles. The molecule has 1 atom stereocenters. The van der Waals surface area contributed by atoms with Gasteiger partial charge in [-0.15, -0.1) is 11.3 Å². The summed E-state index contributed by atoms with van der Waals surface area (Å²) in [6, 6.07) is 3.12. The molecule has 7 heteroatoms. The number of rotatable bonds is 6. The largest absolute Gasteiger partial charge is 0.493 e. The van der Waals surface area contributed by atoms with Gasteiger partial charge in [0.1, 0.15) is 5.01 Å². The van der Waals surface area contributed by atoms with Gasteiger partial charge < -0.3 is 19.5 Å². The maximum atomic E-state index is 12.5. The molecule has 1 amide bonds. The van der Waals surface area contributed by atoms with Crippen LogP contribution in [0.5, 0.6) is 17.2 Å². The molecule has 1 heterocycles. The average molecular weight is 322 g/mol. The second kappa shape index (κ2) is 7.13. The Bertz CT molecular complexity index is 643. The minimum atomic E-state index is -0.263. The van der Waals surface area contributed by atoms with Crippen molar-refractivity contribution in [2.75, 3.05) is 21.3 Å². The van der Waals surface area contributed by atoms with Crippen molar-refractivity contribution in [1.82, 2.24) is 10.3 Å². The Labute approximate surface area is 133 Å². The van der Waals surface area contributed by atoms with Crippen LogP contribution >= 0.6 is 11.3 Å². The molecule has 0 bridgehead atoms. The Kier molecular flexibility index (Phi) is 5.21. The maximum absolute atomic E-state index is 12.5. The van der Waals surface area contributed by atoms with E-state index >= 15 is 0 Å². The van der Waals surface area contributed by atoms with Gasteiger partial charge in [0.15, 0.2) is 11.5 Å². The Morgan fingerprint density at radius 2 is 1.91 bits per heavy atom. The summed E-state index contributed by atoms with van der Waals surface area (Å²) in [5.41, 5.74) is 0.378. The molecule has 0 fully saturated rings. The molecule has 1 N–H and O–H groups in total. The van der Waals surface area contributed by atoms with E-state index < -0.39 is 0 Å². The van der Waals surface area contributed by atoms with E-state index in [4.69, 9.17) is 14.2 Å².